The van der Waals surface area contributed by atoms with Crippen LogP contribution in [0.2, 0.25) is 0 Å². The van der Waals surface area contributed by atoms with E-state index in [-0.39, 0.29) is 0 Å². The first-order chi connectivity index (χ1) is 8.42. The average Bonchev–Trinajstić information content (AvgIpc) is 2.98. The number of fused-ring (bicyclic) bond motifs is 1. The Bertz CT molecular complexity index is 490. The smallest absolute Gasteiger partial charge is 0.126 e. The van der Waals surface area contributed by atoms with Gasteiger partial charge in [-0.2, -0.15) is 0 Å². The van der Waals surface area contributed by atoms with Gasteiger partial charge in [-0.25, -0.2) is 9.97 Å². The highest BCUT2D eigenvalue weighted by molar-refractivity contribution is 5.40. The van der Waals surface area contributed by atoms with E-state index in [1.54, 1.807) is 6.20 Å². The fraction of sp³-hybridized carbons (Fsp3) is 0.385. The molecule has 0 unspecified atom stereocenters. The van der Waals surface area contributed by atoms with Crippen LogP contribution in [-0.2, 0) is 19.4 Å². The SMILES string of the molecule is c1cn(CCNc2ccc3c(n2)CCC3)cn1. The van der Waals surface area contributed by atoms with Crippen LogP contribution in [0.3, 0.4) is 0 Å². The lowest BCUT2D eigenvalue weighted by molar-refractivity contribution is 0.725. The van der Waals surface area contributed by atoms with Crippen LogP contribution in [0.25, 0.3) is 0 Å². The van der Waals surface area contributed by atoms with Gasteiger partial charge in [0.15, 0.2) is 0 Å². The molecule has 0 saturated heterocycles. The molecule has 2 aromatic rings. The van der Waals surface area contributed by atoms with Crippen LogP contribution in [0, 0.1) is 0 Å². The van der Waals surface area contributed by atoms with Gasteiger partial charge in [0.25, 0.3) is 0 Å². The Morgan fingerprint density at radius 1 is 1.29 bits per heavy atom. The van der Waals surface area contributed by atoms with Crippen LogP contribution in [-0.4, -0.2) is 21.1 Å². The molecule has 1 aliphatic rings. The summed E-state index contributed by atoms with van der Waals surface area (Å²) in [6.07, 6.45) is 9.17. The largest absolute Gasteiger partial charge is 0.368 e. The zero-order chi connectivity index (χ0) is 11.5. The van der Waals surface area contributed by atoms with Gasteiger partial charge in [0.1, 0.15) is 5.82 Å². The summed E-state index contributed by atoms with van der Waals surface area (Å²) in [5.41, 5.74) is 2.70. The molecule has 0 fully saturated rings. The van der Waals surface area contributed by atoms with Gasteiger partial charge in [-0.1, -0.05) is 6.07 Å². The molecule has 0 aliphatic heterocycles. The second-order valence-corrected chi connectivity index (χ2v) is 4.38. The predicted octanol–water partition coefficient (Wildman–Crippen LogP) is 1.88. The number of aromatic nitrogens is 3. The van der Waals surface area contributed by atoms with Crippen LogP contribution in [0.5, 0.6) is 0 Å². The van der Waals surface area contributed by atoms with E-state index >= 15 is 0 Å². The number of hydrogen-bond donors (Lipinski definition) is 1. The lowest BCUT2D eigenvalue weighted by Gasteiger charge is -2.07. The molecule has 1 aliphatic carbocycles. The molecule has 0 spiro atoms. The normalized spacial score (nSPS) is 13.6. The summed E-state index contributed by atoms with van der Waals surface area (Å²) in [7, 11) is 0. The van der Waals surface area contributed by atoms with Crippen molar-refractivity contribution in [2.45, 2.75) is 25.8 Å². The molecule has 0 radical (unpaired) electrons. The molecule has 4 nitrogen and oxygen atoms in total. The monoisotopic (exact) mass is 228 g/mol. The Morgan fingerprint density at radius 2 is 2.29 bits per heavy atom. The van der Waals surface area contributed by atoms with Crippen LogP contribution in [0.1, 0.15) is 17.7 Å². The van der Waals surface area contributed by atoms with Crippen LogP contribution >= 0.6 is 0 Å². The van der Waals surface area contributed by atoms with Gasteiger partial charge >= 0.3 is 0 Å². The van der Waals surface area contributed by atoms with Crippen molar-refractivity contribution in [3.63, 3.8) is 0 Å². The average molecular weight is 228 g/mol. The Morgan fingerprint density at radius 3 is 3.18 bits per heavy atom. The third kappa shape index (κ3) is 2.30. The summed E-state index contributed by atoms with van der Waals surface area (Å²) in [5.74, 6) is 0.991. The number of imidazole rings is 1. The zero-order valence-electron chi connectivity index (χ0n) is 9.76. The van der Waals surface area contributed by atoms with E-state index in [2.05, 4.69) is 32.0 Å². The first kappa shape index (κ1) is 10.3. The van der Waals surface area contributed by atoms with Gasteiger partial charge in [-0.15, -0.1) is 0 Å². The number of aryl methyl sites for hydroxylation is 2. The molecule has 4 heteroatoms. The number of nitrogens with zero attached hydrogens (tertiary/aromatic N) is 3. The van der Waals surface area contributed by atoms with Crippen molar-refractivity contribution < 1.29 is 0 Å². The highest BCUT2D eigenvalue weighted by Crippen LogP contribution is 2.21. The minimum Gasteiger partial charge on any atom is -0.368 e. The van der Waals surface area contributed by atoms with Crippen molar-refractivity contribution in [3.05, 3.63) is 42.1 Å². The highest BCUT2D eigenvalue weighted by Gasteiger charge is 2.11. The molecule has 88 valence electrons. The summed E-state index contributed by atoms with van der Waals surface area (Å²) in [4.78, 5) is 8.65. The topological polar surface area (TPSA) is 42.7 Å². The first-order valence-corrected chi connectivity index (χ1v) is 6.10. The molecular formula is C13H16N4. The Hall–Kier alpha value is -1.84. The number of nitrogens with one attached hydrogen (secondary N) is 1. The molecule has 0 bridgehead atoms. The van der Waals surface area contributed by atoms with Gasteiger partial charge in [-0.3, -0.25) is 0 Å². The van der Waals surface area contributed by atoms with E-state index in [0.717, 1.165) is 25.3 Å². The molecule has 0 amide bonds. The van der Waals surface area contributed by atoms with Gasteiger partial charge in [0, 0.05) is 31.2 Å². The fourth-order valence-corrected chi connectivity index (χ4v) is 2.25. The fourth-order valence-electron chi connectivity index (χ4n) is 2.25. The van der Waals surface area contributed by atoms with Crippen molar-refractivity contribution in [1.82, 2.24) is 14.5 Å². The first-order valence-electron chi connectivity index (χ1n) is 6.10. The van der Waals surface area contributed by atoms with E-state index in [4.69, 9.17) is 0 Å². The Balaban J connectivity index is 1.58. The van der Waals surface area contributed by atoms with E-state index in [0.29, 0.717) is 0 Å². The third-order valence-corrected chi connectivity index (χ3v) is 3.16. The lowest BCUT2D eigenvalue weighted by atomic mass is 10.2. The summed E-state index contributed by atoms with van der Waals surface area (Å²) < 4.78 is 2.06. The minimum absolute atomic E-state index is 0.877. The van der Waals surface area contributed by atoms with Crippen molar-refractivity contribution >= 4 is 5.82 Å². The molecule has 2 heterocycles. The van der Waals surface area contributed by atoms with E-state index in [9.17, 15) is 0 Å². The predicted molar refractivity (Wildman–Crippen MR) is 67.0 cm³/mol. The highest BCUT2D eigenvalue weighted by atomic mass is 15.1. The summed E-state index contributed by atoms with van der Waals surface area (Å²) in [5, 5.41) is 3.35. The van der Waals surface area contributed by atoms with E-state index in [1.165, 1.54) is 24.1 Å². The molecule has 1 N–H and O–H groups in total. The van der Waals surface area contributed by atoms with Crippen LogP contribution in [0.4, 0.5) is 5.82 Å². The molecule has 0 aromatic carbocycles. The number of rotatable bonds is 4. The van der Waals surface area contributed by atoms with E-state index < -0.39 is 0 Å². The zero-order valence-corrected chi connectivity index (χ0v) is 9.76. The maximum absolute atomic E-state index is 4.64. The van der Waals surface area contributed by atoms with E-state index in [1.807, 2.05) is 12.5 Å². The maximum Gasteiger partial charge on any atom is 0.126 e. The van der Waals surface area contributed by atoms with Crippen LogP contribution < -0.4 is 5.32 Å². The number of anilines is 1. The maximum atomic E-state index is 4.64. The Labute approximate surface area is 101 Å². The molecule has 0 atom stereocenters. The van der Waals surface area contributed by atoms with Gasteiger partial charge in [-0.05, 0) is 30.9 Å². The Kier molecular flexibility index (Phi) is 2.78. The molecule has 3 rings (SSSR count). The number of pyridine rings is 1. The van der Waals surface area contributed by atoms with Crippen molar-refractivity contribution in [3.8, 4) is 0 Å². The van der Waals surface area contributed by atoms with Gasteiger partial charge < -0.3 is 9.88 Å². The standard InChI is InChI=1S/C13H16N4/c1-2-11-4-5-13(16-12(11)3-1)15-7-9-17-8-6-14-10-17/h4-6,8,10H,1-3,7,9H2,(H,15,16). The summed E-state index contributed by atoms with van der Waals surface area (Å²) in [6.45, 7) is 1.79. The van der Waals surface area contributed by atoms with Gasteiger partial charge in [0.2, 0.25) is 0 Å². The molecular weight excluding hydrogens is 212 g/mol. The van der Waals surface area contributed by atoms with Crippen LogP contribution in [0.15, 0.2) is 30.9 Å². The lowest BCUT2D eigenvalue weighted by Crippen LogP contribution is -2.10. The third-order valence-electron chi connectivity index (χ3n) is 3.16. The minimum atomic E-state index is 0.877. The number of hydrogen-bond acceptors (Lipinski definition) is 3. The van der Waals surface area contributed by atoms with Crippen molar-refractivity contribution in [1.29, 1.82) is 0 Å². The summed E-state index contributed by atoms with van der Waals surface area (Å²) >= 11 is 0. The molecule has 2 aromatic heterocycles. The molecule has 0 saturated carbocycles. The molecule has 17 heavy (non-hydrogen) atoms. The quantitative estimate of drug-likeness (QED) is 0.868. The summed E-state index contributed by atoms with van der Waals surface area (Å²) in [6, 6.07) is 4.28. The second-order valence-electron chi connectivity index (χ2n) is 4.38. The van der Waals surface area contributed by atoms with Gasteiger partial charge in [0.05, 0.1) is 6.33 Å². The van der Waals surface area contributed by atoms with Crippen molar-refractivity contribution in [2.75, 3.05) is 11.9 Å². The second kappa shape index (κ2) is 4.57. The van der Waals surface area contributed by atoms with Crippen molar-refractivity contribution in [2.24, 2.45) is 0 Å².